The maximum Gasteiger partial charge on any atom is 0.434 e. The molecule has 7 heteroatoms. The summed E-state index contributed by atoms with van der Waals surface area (Å²) < 4.78 is 38.8. The second-order valence-corrected chi connectivity index (χ2v) is 3.39. The molecule has 1 fully saturated rings. The van der Waals surface area contributed by atoms with Gasteiger partial charge in [0.1, 0.15) is 5.69 Å². The second-order valence-electron chi connectivity index (χ2n) is 3.39. The Labute approximate surface area is 83.3 Å². The highest BCUT2D eigenvalue weighted by molar-refractivity contribution is 5.18. The molecule has 1 aromatic heterocycles. The minimum atomic E-state index is -4.49. The summed E-state index contributed by atoms with van der Waals surface area (Å²) in [6, 6.07) is 1.46. The van der Waals surface area contributed by atoms with Crippen molar-refractivity contribution in [1.29, 1.82) is 5.26 Å². The monoisotopic (exact) mass is 216 g/mol. The van der Waals surface area contributed by atoms with Gasteiger partial charge in [-0.25, -0.2) is 4.68 Å². The first-order chi connectivity index (χ1) is 7.04. The van der Waals surface area contributed by atoms with E-state index in [0.29, 0.717) is 12.8 Å². The van der Waals surface area contributed by atoms with Gasteiger partial charge in [-0.05, 0) is 12.8 Å². The van der Waals surface area contributed by atoms with Crippen LogP contribution in [0.3, 0.4) is 0 Å². The van der Waals surface area contributed by atoms with Gasteiger partial charge in [-0.15, -0.1) is 5.10 Å². The molecule has 0 unspecified atom stereocenters. The fourth-order valence-corrected chi connectivity index (χ4v) is 1.39. The number of nitriles is 1. The predicted molar refractivity (Wildman–Crippen MR) is 42.6 cm³/mol. The van der Waals surface area contributed by atoms with E-state index >= 15 is 0 Å². The van der Waals surface area contributed by atoms with E-state index in [-0.39, 0.29) is 18.2 Å². The van der Waals surface area contributed by atoms with Crippen LogP contribution in [-0.2, 0) is 12.6 Å². The lowest BCUT2D eigenvalue weighted by Gasteiger charge is -2.09. The Balaban J connectivity index is 2.44. The highest BCUT2D eigenvalue weighted by Crippen LogP contribution is 2.40. The van der Waals surface area contributed by atoms with Crippen molar-refractivity contribution in [1.82, 2.24) is 15.0 Å². The minimum absolute atomic E-state index is 0.193. The topological polar surface area (TPSA) is 54.5 Å². The van der Waals surface area contributed by atoms with Crippen molar-refractivity contribution in [2.24, 2.45) is 0 Å². The van der Waals surface area contributed by atoms with Crippen LogP contribution in [0, 0.1) is 11.3 Å². The van der Waals surface area contributed by atoms with Crippen LogP contribution < -0.4 is 0 Å². The molecule has 1 aromatic rings. The zero-order valence-corrected chi connectivity index (χ0v) is 7.62. The Morgan fingerprint density at radius 2 is 2.13 bits per heavy atom. The van der Waals surface area contributed by atoms with Gasteiger partial charge in [0.05, 0.1) is 18.5 Å². The summed E-state index contributed by atoms with van der Waals surface area (Å²) in [6.45, 7) is 0. The van der Waals surface area contributed by atoms with Crippen molar-refractivity contribution in [2.75, 3.05) is 0 Å². The SMILES string of the molecule is N#CCc1nnn(C2CC2)c1C(F)(F)F. The lowest BCUT2D eigenvalue weighted by Crippen LogP contribution is -2.15. The maximum atomic E-state index is 12.6. The van der Waals surface area contributed by atoms with Gasteiger partial charge in [-0.1, -0.05) is 5.21 Å². The van der Waals surface area contributed by atoms with E-state index in [4.69, 9.17) is 5.26 Å². The molecule has 4 nitrogen and oxygen atoms in total. The first kappa shape index (κ1) is 9.96. The number of halogens is 3. The van der Waals surface area contributed by atoms with Crippen LogP contribution in [0.4, 0.5) is 13.2 Å². The van der Waals surface area contributed by atoms with Crippen LogP contribution in [0.2, 0.25) is 0 Å². The van der Waals surface area contributed by atoms with Crippen LogP contribution in [0.25, 0.3) is 0 Å². The molecule has 1 aliphatic rings. The van der Waals surface area contributed by atoms with Crippen molar-refractivity contribution >= 4 is 0 Å². The van der Waals surface area contributed by atoms with E-state index in [0.717, 1.165) is 4.68 Å². The van der Waals surface area contributed by atoms with Crippen LogP contribution in [-0.4, -0.2) is 15.0 Å². The number of aromatic nitrogens is 3. The summed E-state index contributed by atoms with van der Waals surface area (Å²) in [4.78, 5) is 0. The summed E-state index contributed by atoms with van der Waals surface area (Å²) in [7, 11) is 0. The molecule has 0 amide bonds. The van der Waals surface area contributed by atoms with Crippen molar-refractivity contribution in [3.05, 3.63) is 11.4 Å². The molecule has 80 valence electrons. The normalized spacial score (nSPS) is 16.4. The first-order valence-corrected chi connectivity index (χ1v) is 4.42. The molecule has 0 bridgehead atoms. The standard InChI is InChI=1S/C8H7F3N4/c9-8(10,11)7-6(3-4-12)13-14-15(7)5-1-2-5/h5H,1-3H2. The van der Waals surface area contributed by atoms with Gasteiger partial charge in [0.15, 0.2) is 5.69 Å². The van der Waals surface area contributed by atoms with E-state index < -0.39 is 11.9 Å². The number of rotatable bonds is 2. The number of alkyl halides is 3. The van der Waals surface area contributed by atoms with E-state index in [1.165, 1.54) is 0 Å². The number of hydrogen-bond acceptors (Lipinski definition) is 3. The summed E-state index contributed by atoms with van der Waals surface area (Å²) >= 11 is 0. The third-order valence-corrected chi connectivity index (χ3v) is 2.17. The largest absolute Gasteiger partial charge is 0.434 e. The number of nitrogens with zero attached hydrogens (tertiary/aromatic N) is 4. The quantitative estimate of drug-likeness (QED) is 0.755. The van der Waals surface area contributed by atoms with Crippen LogP contribution >= 0.6 is 0 Å². The van der Waals surface area contributed by atoms with Gasteiger partial charge in [0, 0.05) is 0 Å². The lowest BCUT2D eigenvalue weighted by atomic mass is 10.2. The van der Waals surface area contributed by atoms with Crippen molar-refractivity contribution in [3.8, 4) is 6.07 Å². The van der Waals surface area contributed by atoms with E-state index in [1.807, 2.05) is 0 Å². The Kier molecular flexibility index (Phi) is 2.14. The molecule has 1 saturated carbocycles. The van der Waals surface area contributed by atoms with Crippen molar-refractivity contribution < 1.29 is 13.2 Å². The molecule has 0 atom stereocenters. The van der Waals surface area contributed by atoms with Gasteiger partial charge < -0.3 is 0 Å². The zero-order valence-electron chi connectivity index (χ0n) is 7.62. The van der Waals surface area contributed by atoms with E-state index in [9.17, 15) is 13.2 Å². The van der Waals surface area contributed by atoms with Gasteiger partial charge in [0.2, 0.25) is 0 Å². The van der Waals surface area contributed by atoms with Crippen LogP contribution in [0.5, 0.6) is 0 Å². The molecule has 1 aliphatic carbocycles. The maximum absolute atomic E-state index is 12.6. The highest BCUT2D eigenvalue weighted by atomic mass is 19.4. The molecule has 1 heterocycles. The summed E-state index contributed by atoms with van der Waals surface area (Å²) in [5.41, 5.74) is -1.15. The average Bonchev–Trinajstić information content (AvgIpc) is 2.87. The third-order valence-electron chi connectivity index (χ3n) is 2.17. The second kappa shape index (κ2) is 3.22. The van der Waals surface area contributed by atoms with Gasteiger partial charge in [-0.2, -0.15) is 18.4 Å². The highest BCUT2D eigenvalue weighted by Gasteiger charge is 2.42. The smallest absolute Gasteiger partial charge is 0.237 e. The molecule has 0 spiro atoms. The zero-order chi connectivity index (χ0) is 11.1. The van der Waals surface area contributed by atoms with Crippen molar-refractivity contribution in [3.63, 3.8) is 0 Å². The molecule has 0 radical (unpaired) electrons. The summed E-state index contributed by atoms with van der Waals surface area (Å²) in [6.07, 6.45) is -3.46. The van der Waals surface area contributed by atoms with Crippen molar-refractivity contribution in [2.45, 2.75) is 31.5 Å². The molecule has 15 heavy (non-hydrogen) atoms. The molecule has 0 N–H and O–H groups in total. The van der Waals surface area contributed by atoms with Crippen LogP contribution in [0.1, 0.15) is 30.3 Å². The first-order valence-electron chi connectivity index (χ1n) is 4.42. The van der Waals surface area contributed by atoms with Crippen LogP contribution in [0.15, 0.2) is 0 Å². The summed E-state index contributed by atoms with van der Waals surface area (Å²) in [5, 5.41) is 15.2. The fraction of sp³-hybridized carbons (Fsp3) is 0.625. The molecular formula is C8H7F3N4. The predicted octanol–water partition coefficient (Wildman–Crippen LogP) is 1.70. The fourth-order valence-electron chi connectivity index (χ4n) is 1.39. The number of hydrogen-bond donors (Lipinski definition) is 0. The van der Waals surface area contributed by atoms with Gasteiger partial charge >= 0.3 is 6.18 Å². The Morgan fingerprint density at radius 3 is 2.60 bits per heavy atom. The average molecular weight is 216 g/mol. The van der Waals surface area contributed by atoms with Gasteiger partial charge in [-0.3, -0.25) is 0 Å². The minimum Gasteiger partial charge on any atom is -0.237 e. The Morgan fingerprint density at radius 1 is 1.47 bits per heavy atom. The van der Waals surface area contributed by atoms with E-state index in [1.54, 1.807) is 6.07 Å². The molecule has 0 saturated heterocycles. The Hall–Kier alpha value is -1.58. The van der Waals surface area contributed by atoms with Gasteiger partial charge in [0.25, 0.3) is 0 Å². The molecule has 0 aliphatic heterocycles. The Bertz CT molecular complexity index is 411. The third kappa shape index (κ3) is 1.79. The molecular weight excluding hydrogens is 209 g/mol. The summed E-state index contributed by atoms with van der Waals surface area (Å²) in [5.74, 6) is 0. The van der Waals surface area contributed by atoms with E-state index in [2.05, 4.69) is 10.3 Å². The lowest BCUT2D eigenvalue weighted by molar-refractivity contribution is -0.144. The molecule has 0 aromatic carbocycles. The molecule has 2 rings (SSSR count).